The lowest BCUT2D eigenvalue weighted by Crippen LogP contribution is -2.13. The van der Waals surface area contributed by atoms with Gasteiger partial charge < -0.3 is 5.11 Å². The normalized spacial score (nSPS) is 16.5. The molecule has 2 N–H and O–H groups in total. The van der Waals surface area contributed by atoms with Gasteiger partial charge in [-0.3, -0.25) is 9.89 Å². The summed E-state index contributed by atoms with van der Waals surface area (Å²) < 4.78 is 0. The molecule has 0 fully saturated rings. The lowest BCUT2D eigenvalue weighted by molar-refractivity contribution is 0.104. The summed E-state index contributed by atoms with van der Waals surface area (Å²) in [6.45, 7) is 6.29. The predicted molar refractivity (Wildman–Crippen MR) is 81.4 cm³/mol. The van der Waals surface area contributed by atoms with E-state index < -0.39 is 0 Å². The Hall–Kier alpha value is -2.36. The number of phenols is 1. The van der Waals surface area contributed by atoms with E-state index in [1.807, 2.05) is 6.08 Å². The Morgan fingerprint density at radius 3 is 2.76 bits per heavy atom. The highest BCUT2D eigenvalue weighted by molar-refractivity contribution is 6.16. The zero-order valence-electron chi connectivity index (χ0n) is 12.4. The van der Waals surface area contributed by atoms with Crippen molar-refractivity contribution in [2.75, 3.05) is 0 Å². The molecule has 4 nitrogen and oxygen atoms in total. The van der Waals surface area contributed by atoms with E-state index in [1.165, 1.54) is 0 Å². The molecule has 0 saturated heterocycles. The van der Waals surface area contributed by atoms with Crippen LogP contribution in [0.4, 0.5) is 0 Å². The van der Waals surface area contributed by atoms with Gasteiger partial charge in [-0.05, 0) is 12.1 Å². The van der Waals surface area contributed by atoms with Gasteiger partial charge in [0.25, 0.3) is 0 Å². The minimum absolute atomic E-state index is 0.0121. The maximum absolute atomic E-state index is 12.4. The van der Waals surface area contributed by atoms with E-state index in [1.54, 1.807) is 24.4 Å². The molecule has 0 bridgehead atoms. The maximum Gasteiger partial charge on any atom is 0.189 e. The number of ketones is 1. The number of aromatic nitrogens is 2. The molecule has 1 aromatic heterocycles. The van der Waals surface area contributed by atoms with E-state index >= 15 is 0 Å². The van der Waals surface area contributed by atoms with Crippen molar-refractivity contribution in [1.82, 2.24) is 10.2 Å². The standard InChI is InChI=1S/C17H18N2O2/c1-17(2,3)16-11(9-18-19-16)7-10-8-13-12(15(10)21)5-4-6-14(13)20/h4-7,9,20H,8H2,1-3H3,(H,18,19)/b10-7-. The predicted octanol–water partition coefficient (Wildman–Crippen LogP) is 3.24. The summed E-state index contributed by atoms with van der Waals surface area (Å²) in [6.07, 6.45) is 4.09. The third kappa shape index (κ3) is 2.27. The van der Waals surface area contributed by atoms with E-state index in [2.05, 4.69) is 31.0 Å². The Morgan fingerprint density at radius 1 is 1.33 bits per heavy atom. The number of aromatic amines is 1. The van der Waals surface area contributed by atoms with Gasteiger partial charge >= 0.3 is 0 Å². The fourth-order valence-electron chi connectivity index (χ4n) is 2.73. The van der Waals surface area contributed by atoms with Crippen LogP contribution in [0.1, 0.15) is 48.0 Å². The summed E-state index contributed by atoms with van der Waals surface area (Å²) in [7, 11) is 0. The Balaban J connectivity index is 2.03. The largest absolute Gasteiger partial charge is 0.508 e. The van der Waals surface area contributed by atoms with Gasteiger partial charge in [-0.1, -0.05) is 32.9 Å². The minimum atomic E-state index is -0.0699. The fraction of sp³-hybridized carbons (Fsp3) is 0.294. The first-order valence-corrected chi connectivity index (χ1v) is 6.98. The van der Waals surface area contributed by atoms with Gasteiger partial charge in [-0.25, -0.2) is 0 Å². The topological polar surface area (TPSA) is 66.0 Å². The number of allylic oxidation sites excluding steroid dienone is 1. The van der Waals surface area contributed by atoms with Gasteiger partial charge in [0.2, 0.25) is 0 Å². The molecule has 0 unspecified atom stereocenters. The molecule has 0 saturated carbocycles. The quantitative estimate of drug-likeness (QED) is 0.789. The van der Waals surface area contributed by atoms with Crippen LogP contribution in [-0.4, -0.2) is 21.1 Å². The Labute approximate surface area is 123 Å². The first-order chi connectivity index (χ1) is 9.88. The summed E-state index contributed by atoms with van der Waals surface area (Å²) in [4.78, 5) is 12.4. The van der Waals surface area contributed by atoms with Crippen LogP contribution in [0.3, 0.4) is 0 Å². The number of phenolic OH excluding ortho intramolecular Hbond substituents is 1. The van der Waals surface area contributed by atoms with Crippen molar-refractivity contribution in [2.45, 2.75) is 32.6 Å². The average Bonchev–Trinajstić information content (AvgIpc) is 2.98. The molecule has 3 rings (SSSR count). The van der Waals surface area contributed by atoms with Crippen LogP contribution in [0.25, 0.3) is 6.08 Å². The molecule has 0 amide bonds. The molecule has 0 aliphatic heterocycles. The van der Waals surface area contributed by atoms with Crippen LogP contribution >= 0.6 is 0 Å². The number of hydrogen-bond donors (Lipinski definition) is 2. The monoisotopic (exact) mass is 282 g/mol. The average molecular weight is 282 g/mol. The van der Waals surface area contributed by atoms with Crippen molar-refractivity contribution in [3.63, 3.8) is 0 Å². The molecular formula is C17H18N2O2. The first-order valence-electron chi connectivity index (χ1n) is 6.98. The van der Waals surface area contributed by atoms with Crippen molar-refractivity contribution in [3.8, 4) is 5.75 Å². The number of carbonyl (C=O) groups excluding carboxylic acids is 1. The smallest absolute Gasteiger partial charge is 0.189 e. The van der Waals surface area contributed by atoms with Crippen LogP contribution in [0, 0.1) is 0 Å². The van der Waals surface area contributed by atoms with Gasteiger partial charge in [0.15, 0.2) is 5.78 Å². The summed E-state index contributed by atoms with van der Waals surface area (Å²) in [5.41, 5.74) is 3.87. The Morgan fingerprint density at radius 2 is 2.10 bits per heavy atom. The van der Waals surface area contributed by atoms with E-state index in [-0.39, 0.29) is 16.9 Å². The van der Waals surface area contributed by atoms with Gasteiger partial charge in [0.05, 0.1) is 6.20 Å². The van der Waals surface area contributed by atoms with Crippen molar-refractivity contribution < 1.29 is 9.90 Å². The number of hydrogen-bond acceptors (Lipinski definition) is 3. The summed E-state index contributed by atoms with van der Waals surface area (Å²) in [6, 6.07) is 5.08. The molecular weight excluding hydrogens is 264 g/mol. The zero-order valence-corrected chi connectivity index (χ0v) is 12.4. The van der Waals surface area contributed by atoms with Crippen LogP contribution in [0.2, 0.25) is 0 Å². The number of rotatable bonds is 1. The van der Waals surface area contributed by atoms with Crippen molar-refractivity contribution in [2.24, 2.45) is 0 Å². The Kier molecular flexibility index (Phi) is 2.97. The fourth-order valence-corrected chi connectivity index (χ4v) is 2.73. The number of nitrogens with zero attached hydrogens (tertiary/aromatic N) is 1. The number of carbonyl (C=O) groups is 1. The van der Waals surface area contributed by atoms with Gasteiger partial charge in [0.1, 0.15) is 5.75 Å². The summed E-state index contributed by atoms with van der Waals surface area (Å²) >= 11 is 0. The number of fused-ring (bicyclic) bond motifs is 1. The molecule has 0 radical (unpaired) electrons. The summed E-state index contributed by atoms with van der Waals surface area (Å²) in [5.74, 6) is 0.175. The number of Topliss-reactive ketones (excluding diaryl/α,β-unsaturated/α-hetero) is 1. The molecule has 4 heteroatoms. The lowest BCUT2D eigenvalue weighted by atomic mass is 9.89. The molecule has 21 heavy (non-hydrogen) atoms. The highest BCUT2D eigenvalue weighted by Crippen LogP contribution is 2.34. The number of H-pyrrole nitrogens is 1. The Bertz CT molecular complexity index is 748. The van der Waals surface area contributed by atoms with Crippen molar-refractivity contribution in [1.29, 1.82) is 0 Å². The van der Waals surface area contributed by atoms with E-state index in [0.29, 0.717) is 17.6 Å². The van der Waals surface area contributed by atoms with E-state index in [9.17, 15) is 9.90 Å². The second-order valence-corrected chi connectivity index (χ2v) is 6.43. The highest BCUT2D eigenvalue weighted by atomic mass is 16.3. The third-order valence-electron chi connectivity index (χ3n) is 3.80. The second-order valence-electron chi connectivity index (χ2n) is 6.43. The van der Waals surface area contributed by atoms with Gasteiger partial charge in [0, 0.05) is 39.8 Å². The number of benzene rings is 1. The molecule has 1 aromatic carbocycles. The maximum atomic E-state index is 12.4. The van der Waals surface area contributed by atoms with Gasteiger partial charge in [-0.2, -0.15) is 5.10 Å². The summed E-state index contributed by atoms with van der Waals surface area (Å²) in [5, 5.41) is 17.0. The number of nitrogens with one attached hydrogen (secondary N) is 1. The van der Waals surface area contributed by atoms with Crippen LogP contribution < -0.4 is 0 Å². The SMILES string of the molecule is CC(C)(C)c1[nH]ncc1/C=C1/Cc2c(O)cccc2C1=O. The van der Waals surface area contributed by atoms with Crippen LogP contribution in [0.15, 0.2) is 30.0 Å². The molecule has 1 aliphatic carbocycles. The van der Waals surface area contributed by atoms with Crippen molar-refractivity contribution >= 4 is 11.9 Å². The molecule has 0 atom stereocenters. The first kappa shape index (κ1) is 13.6. The van der Waals surface area contributed by atoms with E-state index in [0.717, 1.165) is 16.8 Å². The molecule has 0 spiro atoms. The van der Waals surface area contributed by atoms with Gasteiger partial charge in [-0.15, -0.1) is 0 Å². The van der Waals surface area contributed by atoms with E-state index in [4.69, 9.17) is 0 Å². The molecule has 1 aliphatic rings. The second kappa shape index (κ2) is 4.58. The lowest BCUT2D eigenvalue weighted by Gasteiger charge is -2.17. The molecule has 1 heterocycles. The highest BCUT2D eigenvalue weighted by Gasteiger charge is 2.28. The molecule has 2 aromatic rings. The molecule has 108 valence electrons. The number of aromatic hydroxyl groups is 1. The van der Waals surface area contributed by atoms with Crippen molar-refractivity contribution in [3.05, 3.63) is 52.4 Å². The third-order valence-corrected chi connectivity index (χ3v) is 3.80. The van der Waals surface area contributed by atoms with Crippen LogP contribution in [0.5, 0.6) is 5.75 Å². The minimum Gasteiger partial charge on any atom is -0.508 e. The van der Waals surface area contributed by atoms with Crippen LogP contribution in [-0.2, 0) is 11.8 Å². The zero-order chi connectivity index (χ0) is 15.2.